The molecule has 3 rings (SSSR count). The van der Waals surface area contributed by atoms with E-state index in [2.05, 4.69) is 25.4 Å². The molecule has 1 aromatic heterocycles. The van der Waals surface area contributed by atoms with E-state index in [0.29, 0.717) is 6.54 Å². The van der Waals surface area contributed by atoms with Crippen LogP contribution in [0.25, 0.3) is 0 Å². The maximum absolute atomic E-state index is 12.0. The van der Waals surface area contributed by atoms with Crippen LogP contribution in [0.5, 0.6) is 0 Å². The molecule has 0 saturated heterocycles. The van der Waals surface area contributed by atoms with Gasteiger partial charge in [0.1, 0.15) is 5.82 Å². The SMILES string of the molecule is Cc1nnc2n1CCCC2NC(=O)NCC1(O)CCCC1. The molecular weight excluding hydrogens is 270 g/mol. The van der Waals surface area contributed by atoms with Crippen LogP contribution in [-0.4, -0.2) is 38.0 Å². The van der Waals surface area contributed by atoms with Crippen molar-refractivity contribution in [2.75, 3.05) is 6.54 Å². The predicted octanol–water partition coefficient (Wildman–Crippen LogP) is 1.03. The van der Waals surface area contributed by atoms with E-state index in [1.54, 1.807) is 0 Å². The molecule has 3 N–H and O–H groups in total. The number of fused-ring (bicyclic) bond motifs is 1. The third-order valence-electron chi connectivity index (χ3n) is 4.57. The van der Waals surface area contributed by atoms with E-state index in [-0.39, 0.29) is 12.1 Å². The topological polar surface area (TPSA) is 92.1 Å². The third-order valence-corrected chi connectivity index (χ3v) is 4.57. The fourth-order valence-electron chi connectivity index (χ4n) is 3.31. The lowest BCUT2D eigenvalue weighted by atomic mass is 10.0. The summed E-state index contributed by atoms with van der Waals surface area (Å²) >= 11 is 0. The summed E-state index contributed by atoms with van der Waals surface area (Å²) in [5, 5.41) is 24.2. The molecule has 2 amide bonds. The molecule has 2 aliphatic rings. The van der Waals surface area contributed by atoms with Crippen LogP contribution in [0, 0.1) is 6.92 Å². The van der Waals surface area contributed by atoms with Crippen LogP contribution < -0.4 is 10.6 Å². The van der Waals surface area contributed by atoms with Crippen molar-refractivity contribution in [2.45, 2.75) is 63.6 Å². The van der Waals surface area contributed by atoms with E-state index >= 15 is 0 Å². The number of urea groups is 1. The molecule has 0 aromatic carbocycles. The standard InChI is InChI=1S/C14H23N5O2/c1-10-17-18-12-11(5-4-8-19(10)12)16-13(20)15-9-14(21)6-2-3-7-14/h11,21H,2-9H2,1H3,(H2,15,16,20). The maximum Gasteiger partial charge on any atom is 0.315 e. The second-order valence-electron chi connectivity index (χ2n) is 6.21. The van der Waals surface area contributed by atoms with Crippen molar-refractivity contribution in [1.82, 2.24) is 25.4 Å². The normalized spacial score (nSPS) is 23.6. The quantitative estimate of drug-likeness (QED) is 0.776. The van der Waals surface area contributed by atoms with Crippen molar-refractivity contribution < 1.29 is 9.90 Å². The van der Waals surface area contributed by atoms with E-state index in [0.717, 1.165) is 56.7 Å². The minimum atomic E-state index is -0.722. The summed E-state index contributed by atoms with van der Waals surface area (Å²) in [6.07, 6.45) is 5.47. The van der Waals surface area contributed by atoms with Gasteiger partial charge >= 0.3 is 6.03 Å². The van der Waals surface area contributed by atoms with E-state index in [4.69, 9.17) is 0 Å². The molecular formula is C14H23N5O2. The van der Waals surface area contributed by atoms with E-state index in [9.17, 15) is 9.90 Å². The number of hydrogen-bond donors (Lipinski definition) is 3. The number of aliphatic hydroxyl groups is 1. The van der Waals surface area contributed by atoms with E-state index in [1.807, 2.05) is 6.92 Å². The Bertz CT molecular complexity index is 521. The first kappa shape index (κ1) is 14.3. The van der Waals surface area contributed by atoms with Gasteiger partial charge in [-0.1, -0.05) is 12.8 Å². The number of aromatic nitrogens is 3. The number of carbonyl (C=O) groups excluding carboxylic acids is 1. The molecule has 1 saturated carbocycles. The average Bonchev–Trinajstić information content (AvgIpc) is 3.06. The Kier molecular flexibility index (Phi) is 3.84. The van der Waals surface area contributed by atoms with Gasteiger partial charge in [-0.05, 0) is 32.6 Å². The summed E-state index contributed by atoms with van der Waals surface area (Å²) in [5.41, 5.74) is -0.722. The molecule has 7 heteroatoms. The van der Waals surface area contributed by atoms with E-state index in [1.165, 1.54) is 0 Å². The Balaban J connectivity index is 1.56. The molecule has 1 aliphatic carbocycles. The molecule has 1 aromatic rings. The molecule has 7 nitrogen and oxygen atoms in total. The largest absolute Gasteiger partial charge is 0.388 e. The van der Waals surface area contributed by atoms with Crippen LogP contribution in [0.3, 0.4) is 0 Å². The van der Waals surface area contributed by atoms with Crippen molar-refractivity contribution in [3.63, 3.8) is 0 Å². The lowest BCUT2D eigenvalue weighted by Gasteiger charge is -2.26. The predicted molar refractivity (Wildman–Crippen MR) is 76.7 cm³/mol. The summed E-state index contributed by atoms with van der Waals surface area (Å²) < 4.78 is 2.05. The average molecular weight is 293 g/mol. The van der Waals surface area contributed by atoms with Crippen LogP contribution in [-0.2, 0) is 6.54 Å². The van der Waals surface area contributed by atoms with Crippen LogP contribution in [0.4, 0.5) is 4.79 Å². The third kappa shape index (κ3) is 3.02. The molecule has 116 valence electrons. The zero-order valence-electron chi connectivity index (χ0n) is 12.4. The Morgan fingerprint density at radius 1 is 1.38 bits per heavy atom. The zero-order chi connectivity index (χ0) is 14.9. The molecule has 0 spiro atoms. The lowest BCUT2D eigenvalue weighted by molar-refractivity contribution is 0.0499. The minimum Gasteiger partial charge on any atom is -0.388 e. The van der Waals surface area contributed by atoms with Gasteiger partial charge in [0, 0.05) is 13.1 Å². The molecule has 0 radical (unpaired) electrons. The Hall–Kier alpha value is -1.63. The van der Waals surface area contributed by atoms with Crippen LogP contribution in [0.15, 0.2) is 0 Å². The van der Waals surface area contributed by atoms with Crippen molar-refractivity contribution >= 4 is 6.03 Å². The van der Waals surface area contributed by atoms with Gasteiger partial charge in [0.15, 0.2) is 5.82 Å². The van der Waals surface area contributed by atoms with Gasteiger partial charge in [0.05, 0.1) is 11.6 Å². The lowest BCUT2D eigenvalue weighted by Crippen LogP contribution is -2.46. The van der Waals surface area contributed by atoms with Gasteiger partial charge in [-0.25, -0.2) is 4.79 Å². The van der Waals surface area contributed by atoms with Crippen LogP contribution >= 0.6 is 0 Å². The summed E-state index contributed by atoms with van der Waals surface area (Å²) in [6.45, 7) is 3.15. The molecule has 1 aliphatic heterocycles. The van der Waals surface area contributed by atoms with Crippen molar-refractivity contribution in [2.24, 2.45) is 0 Å². The molecule has 1 atom stereocenters. The summed E-state index contributed by atoms with van der Waals surface area (Å²) in [4.78, 5) is 12.0. The Labute approximate surface area is 124 Å². The number of hydrogen-bond acceptors (Lipinski definition) is 4. The molecule has 21 heavy (non-hydrogen) atoms. The highest BCUT2D eigenvalue weighted by atomic mass is 16.3. The second-order valence-corrected chi connectivity index (χ2v) is 6.21. The van der Waals surface area contributed by atoms with Crippen LogP contribution in [0.2, 0.25) is 0 Å². The van der Waals surface area contributed by atoms with Gasteiger partial charge < -0.3 is 20.3 Å². The minimum absolute atomic E-state index is 0.0989. The van der Waals surface area contributed by atoms with E-state index < -0.39 is 5.60 Å². The first-order valence-electron chi connectivity index (χ1n) is 7.74. The Morgan fingerprint density at radius 3 is 2.90 bits per heavy atom. The maximum atomic E-state index is 12.0. The number of carbonyl (C=O) groups is 1. The number of nitrogens with zero attached hydrogens (tertiary/aromatic N) is 3. The van der Waals surface area contributed by atoms with Crippen LogP contribution in [0.1, 0.15) is 56.2 Å². The highest BCUT2D eigenvalue weighted by Gasteiger charge is 2.32. The first-order chi connectivity index (χ1) is 10.1. The number of nitrogens with one attached hydrogen (secondary N) is 2. The van der Waals surface area contributed by atoms with Gasteiger partial charge in [-0.3, -0.25) is 0 Å². The Morgan fingerprint density at radius 2 is 2.14 bits per heavy atom. The summed E-state index contributed by atoms with van der Waals surface area (Å²) in [6, 6.07) is -0.340. The molecule has 1 unspecified atom stereocenters. The zero-order valence-corrected chi connectivity index (χ0v) is 12.4. The number of aryl methyl sites for hydroxylation is 1. The van der Waals surface area contributed by atoms with Crippen molar-refractivity contribution in [3.8, 4) is 0 Å². The monoisotopic (exact) mass is 293 g/mol. The van der Waals surface area contributed by atoms with Gasteiger partial charge in [-0.2, -0.15) is 0 Å². The molecule has 2 heterocycles. The fourth-order valence-corrected chi connectivity index (χ4v) is 3.31. The van der Waals surface area contributed by atoms with Crippen molar-refractivity contribution in [3.05, 3.63) is 11.6 Å². The number of rotatable bonds is 3. The van der Waals surface area contributed by atoms with Gasteiger partial charge in [0.2, 0.25) is 0 Å². The van der Waals surface area contributed by atoms with Gasteiger partial charge in [-0.15, -0.1) is 10.2 Å². The second kappa shape index (κ2) is 5.63. The highest BCUT2D eigenvalue weighted by Crippen LogP contribution is 2.28. The summed E-state index contributed by atoms with van der Waals surface area (Å²) in [7, 11) is 0. The smallest absolute Gasteiger partial charge is 0.315 e. The first-order valence-corrected chi connectivity index (χ1v) is 7.74. The van der Waals surface area contributed by atoms with Gasteiger partial charge in [0.25, 0.3) is 0 Å². The highest BCUT2D eigenvalue weighted by molar-refractivity contribution is 5.74. The molecule has 0 bridgehead atoms. The number of amides is 2. The molecule has 1 fully saturated rings. The summed E-state index contributed by atoms with van der Waals surface area (Å²) in [5.74, 6) is 1.71. The van der Waals surface area contributed by atoms with Crippen molar-refractivity contribution in [1.29, 1.82) is 0 Å². The fraction of sp³-hybridized carbons (Fsp3) is 0.786.